The Balaban J connectivity index is 1.57. The molecule has 4 nitrogen and oxygen atoms in total. The van der Waals surface area contributed by atoms with Gasteiger partial charge in [-0.3, -0.25) is 4.79 Å². The molecule has 1 fully saturated rings. The Hall–Kier alpha value is -2.33. The number of rotatable bonds is 2. The van der Waals surface area contributed by atoms with Crippen molar-refractivity contribution in [2.24, 2.45) is 0 Å². The number of hydrogen-bond acceptors (Lipinski definition) is 3. The van der Waals surface area contributed by atoms with Gasteiger partial charge in [0, 0.05) is 11.0 Å². The fraction of sp³-hybridized carbons (Fsp3) is 0.350. The maximum absolute atomic E-state index is 12.9. The van der Waals surface area contributed by atoms with E-state index in [0.29, 0.717) is 31.0 Å². The van der Waals surface area contributed by atoms with E-state index < -0.39 is 5.60 Å². The summed E-state index contributed by atoms with van der Waals surface area (Å²) < 4.78 is 5.81. The predicted octanol–water partition coefficient (Wildman–Crippen LogP) is 2.70. The lowest BCUT2D eigenvalue weighted by molar-refractivity contribution is -0.0864. The van der Waals surface area contributed by atoms with Crippen LogP contribution in [0.15, 0.2) is 48.5 Å². The molecule has 4 heteroatoms. The predicted molar refractivity (Wildman–Crippen MR) is 91.2 cm³/mol. The number of fused-ring (bicyclic) bond motifs is 1. The van der Waals surface area contributed by atoms with Gasteiger partial charge in [-0.25, -0.2) is 0 Å². The van der Waals surface area contributed by atoms with Crippen LogP contribution in [0.4, 0.5) is 0 Å². The van der Waals surface area contributed by atoms with E-state index in [1.807, 2.05) is 48.5 Å². The number of carbonyl (C=O) groups is 1. The molecule has 4 rings (SSSR count). The average molecular weight is 323 g/mol. The van der Waals surface area contributed by atoms with E-state index >= 15 is 0 Å². The van der Waals surface area contributed by atoms with Crippen LogP contribution >= 0.6 is 0 Å². The van der Waals surface area contributed by atoms with Gasteiger partial charge in [0.1, 0.15) is 11.4 Å². The lowest BCUT2D eigenvalue weighted by atomic mass is 9.84. The van der Waals surface area contributed by atoms with E-state index in [2.05, 4.69) is 13.8 Å². The van der Waals surface area contributed by atoms with E-state index in [9.17, 15) is 9.90 Å². The van der Waals surface area contributed by atoms with Gasteiger partial charge < -0.3 is 14.7 Å². The molecule has 2 aromatic rings. The zero-order chi connectivity index (χ0) is 16.9. The smallest absolute Gasteiger partial charge is 0.257 e. The van der Waals surface area contributed by atoms with Crippen molar-refractivity contribution in [2.45, 2.75) is 24.9 Å². The highest BCUT2D eigenvalue weighted by Gasteiger charge is 2.46. The highest BCUT2D eigenvalue weighted by molar-refractivity contribution is 5.98. The molecular weight excluding hydrogens is 302 g/mol. The van der Waals surface area contributed by atoms with Crippen molar-refractivity contribution in [1.29, 1.82) is 0 Å². The molecule has 1 N–H and O–H groups in total. The Labute approximate surface area is 141 Å². The van der Waals surface area contributed by atoms with Gasteiger partial charge >= 0.3 is 0 Å². The number of aliphatic hydroxyl groups is 1. The fourth-order valence-corrected chi connectivity index (χ4v) is 3.55. The van der Waals surface area contributed by atoms with Crippen molar-refractivity contribution in [3.05, 3.63) is 65.2 Å². The van der Waals surface area contributed by atoms with Gasteiger partial charge in [-0.05, 0) is 11.6 Å². The SMILES string of the molecule is CC1(C)COc2c(C(=O)N3CC(O)(c4ccccc4)C3)cccc21. The van der Waals surface area contributed by atoms with Crippen LogP contribution < -0.4 is 4.74 Å². The molecule has 0 atom stereocenters. The molecule has 1 saturated heterocycles. The quantitative estimate of drug-likeness (QED) is 0.924. The fourth-order valence-electron chi connectivity index (χ4n) is 3.55. The molecule has 2 aromatic carbocycles. The Morgan fingerprint density at radius 2 is 1.79 bits per heavy atom. The molecule has 2 aliphatic rings. The number of ether oxygens (including phenoxy) is 1. The second-order valence-electron chi connectivity index (χ2n) is 7.41. The molecular formula is C20H21NO3. The van der Waals surface area contributed by atoms with Gasteiger partial charge in [-0.15, -0.1) is 0 Å². The highest BCUT2D eigenvalue weighted by Crippen LogP contribution is 2.42. The second-order valence-corrected chi connectivity index (χ2v) is 7.41. The van der Waals surface area contributed by atoms with Crippen molar-refractivity contribution >= 4 is 5.91 Å². The van der Waals surface area contributed by atoms with E-state index in [-0.39, 0.29) is 11.3 Å². The first-order valence-corrected chi connectivity index (χ1v) is 8.24. The van der Waals surface area contributed by atoms with E-state index in [0.717, 1.165) is 11.1 Å². The summed E-state index contributed by atoms with van der Waals surface area (Å²) in [5.74, 6) is 0.618. The van der Waals surface area contributed by atoms with Crippen LogP contribution in [0, 0.1) is 0 Å². The standard InChI is InChI=1S/C20H21NO3/c1-19(2)13-24-17-15(9-6-10-16(17)19)18(22)21-11-20(23,12-21)14-7-4-3-5-8-14/h3-10,23H,11-13H2,1-2H3. The number of nitrogens with zero attached hydrogens (tertiary/aromatic N) is 1. The monoisotopic (exact) mass is 323 g/mol. The van der Waals surface area contributed by atoms with Crippen LogP contribution in [0.25, 0.3) is 0 Å². The summed E-state index contributed by atoms with van der Waals surface area (Å²) in [6.07, 6.45) is 0. The molecule has 0 aromatic heterocycles. The third-order valence-corrected chi connectivity index (χ3v) is 5.06. The Morgan fingerprint density at radius 3 is 2.50 bits per heavy atom. The number of benzene rings is 2. The molecule has 0 bridgehead atoms. The van der Waals surface area contributed by atoms with E-state index in [1.54, 1.807) is 4.90 Å². The van der Waals surface area contributed by atoms with Gasteiger partial charge in [0.05, 0.1) is 25.3 Å². The molecule has 2 aliphatic heterocycles. The summed E-state index contributed by atoms with van der Waals surface area (Å²) in [5, 5.41) is 10.7. The molecule has 0 unspecified atom stereocenters. The second kappa shape index (κ2) is 5.08. The molecule has 2 heterocycles. The summed E-state index contributed by atoms with van der Waals surface area (Å²) in [7, 11) is 0. The Bertz CT molecular complexity index is 792. The number of hydrogen-bond donors (Lipinski definition) is 1. The topological polar surface area (TPSA) is 49.8 Å². The van der Waals surface area contributed by atoms with Crippen molar-refractivity contribution in [3.63, 3.8) is 0 Å². The number of amides is 1. The number of para-hydroxylation sites is 1. The zero-order valence-electron chi connectivity index (χ0n) is 14.0. The molecule has 24 heavy (non-hydrogen) atoms. The van der Waals surface area contributed by atoms with Crippen molar-refractivity contribution in [2.75, 3.05) is 19.7 Å². The average Bonchev–Trinajstić information content (AvgIpc) is 2.87. The lowest BCUT2D eigenvalue weighted by Crippen LogP contribution is -2.61. The summed E-state index contributed by atoms with van der Waals surface area (Å²) in [5.41, 5.74) is 1.49. The minimum atomic E-state index is -0.949. The van der Waals surface area contributed by atoms with Crippen LogP contribution in [0.5, 0.6) is 5.75 Å². The van der Waals surface area contributed by atoms with Crippen molar-refractivity contribution in [3.8, 4) is 5.75 Å². The van der Waals surface area contributed by atoms with Gasteiger partial charge in [-0.1, -0.05) is 56.3 Å². The number of β-amino-alcohol motifs (C(OH)–C–C–N with tert-alkyl or cyclic N) is 1. The summed E-state index contributed by atoms with van der Waals surface area (Å²) >= 11 is 0. The van der Waals surface area contributed by atoms with Crippen LogP contribution in [0.3, 0.4) is 0 Å². The first kappa shape index (κ1) is 15.2. The van der Waals surface area contributed by atoms with Crippen LogP contribution in [0.1, 0.15) is 35.3 Å². The van der Waals surface area contributed by atoms with E-state index in [1.165, 1.54) is 0 Å². The summed E-state index contributed by atoms with van der Waals surface area (Å²) in [6, 6.07) is 15.3. The van der Waals surface area contributed by atoms with Crippen molar-refractivity contribution in [1.82, 2.24) is 4.90 Å². The van der Waals surface area contributed by atoms with Crippen LogP contribution in [-0.2, 0) is 11.0 Å². The van der Waals surface area contributed by atoms with E-state index in [4.69, 9.17) is 4.74 Å². The Morgan fingerprint density at radius 1 is 1.08 bits per heavy atom. The van der Waals surface area contributed by atoms with Crippen LogP contribution in [0.2, 0.25) is 0 Å². The third-order valence-electron chi connectivity index (χ3n) is 5.06. The number of likely N-dealkylation sites (tertiary alicyclic amines) is 1. The van der Waals surface area contributed by atoms with Gasteiger partial charge in [0.2, 0.25) is 0 Å². The molecule has 0 spiro atoms. The molecule has 1 amide bonds. The maximum Gasteiger partial charge on any atom is 0.257 e. The molecule has 0 aliphatic carbocycles. The normalized spacial score (nSPS) is 20.0. The zero-order valence-corrected chi connectivity index (χ0v) is 14.0. The summed E-state index contributed by atoms with van der Waals surface area (Å²) in [4.78, 5) is 14.5. The lowest BCUT2D eigenvalue weighted by Gasteiger charge is -2.46. The molecule has 0 saturated carbocycles. The Kier molecular flexibility index (Phi) is 3.22. The largest absolute Gasteiger partial charge is 0.492 e. The minimum Gasteiger partial charge on any atom is -0.492 e. The summed E-state index contributed by atoms with van der Waals surface area (Å²) in [6.45, 7) is 5.43. The van der Waals surface area contributed by atoms with Gasteiger partial charge in [0.25, 0.3) is 5.91 Å². The van der Waals surface area contributed by atoms with Gasteiger partial charge in [-0.2, -0.15) is 0 Å². The molecule has 0 radical (unpaired) electrons. The first-order valence-electron chi connectivity index (χ1n) is 8.24. The van der Waals surface area contributed by atoms with Crippen molar-refractivity contribution < 1.29 is 14.6 Å². The maximum atomic E-state index is 12.9. The van der Waals surface area contributed by atoms with Crippen LogP contribution in [-0.4, -0.2) is 35.6 Å². The third kappa shape index (κ3) is 2.21. The first-order chi connectivity index (χ1) is 11.4. The molecule has 124 valence electrons. The van der Waals surface area contributed by atoms with Gasteiger partial charge in [0.15, 0.2) is 0 Å². The minimum absolute atomic E-state index is 0.0780. The highest BCUT2D eigenvalue weighted by atomic mass is 16.5. The number of carbonyl (C=O) groups excluding carboxylic acids is 1.